The van der Waals surface area contributed by atoms with Gasteiger partial charge in [-0.3, -0.25) is 0 Å². The van der Waals surface area contributed by atoms with Crippen LogP contribution in [0.1, 0.15) is 20.9 Å². The molecule has 2 aromatic carbocycles. The molecule has 0 unspecified atom stereocenters. The Morgan fingerprint density at radius 3 is 2.66 bits per heavy atom. The zero-order valence-corrected chi connectivity index (χ0v) is 19.7. The molecule has 7 nitrogen and oxygen atoms in total. The molecular formula is C26H20FN3O4S. The molecule has 3 aromatic heterocycles. The largest absolute Gasteiger partial charge is 0.496 e. The number of aromatic carboxylic acids is 1. The van der Waals surface area contributed by atoms with Gasteiger partial charge in [-0.2, -0.15) is 5.10 Å². The number of fused-ring (bicyclic) bond motifs is 1. The second-order valence-electron chi connectivity index (χ2n) is 7.75. The van der Waals surface area contributed by atoms with Crippen molar-refractivity contribution in [2.75, 3.05) is 7.11 Å². The molecule has 0 saturated heterocycles. The van der Waals surface area contributed by atoms with Crippen LogP contribution in [-0.2, 0) is 6.61 Å². The Kier molecular flexibility index (Phi) is 5.92. The van der Waals surface area contributed by atoms with E-state index in [0.717, 1.165) is 16.9 Å². The summed E-state index contributed by atoms with van der Waals surface area (Å²) in [4.78, 5) is 16.6. The highest BCUT2D eigenvalue weighted by Crippen LogP contribution is 2.41. The van der Waals surface area contributed by atoms with Crippen LogP contribution in [0.15, 0.2) is 66.9 Å². The maximum atomic E-state index is 14.8. The fraction of sp³-hybridized carbons (Fsp3) is 0.115. The molecule has 0 atom stereocenters. The molecule has 0 amide bonds. The molecule has 0 aliphatic carbocycles. The number of nitrogens with zero attached hydrogens (tertiary/aromatic N) is 3. The number of aromatic nitrogens is 3. The number of hydrogen-bond acceptors (Lipinski definition) is 6. The zero-order chi connectivity index (χ0) is 24.5. The van der Waals surface area contributed by atoms with Gasteiger partial charge in [0.15, 0.2) is 0 Å². The van der Waals surface area contributed by atoms with Gasteiger partial charge in [0.05, 0.1) is 29.4 Å². The maximum absolute atomic E-state index is 14.8. The van der Waals surface area contributed by atoms with Gasteiger partial charge in [-0.25, -0.2) is 18.7 Å². The van der Waals surface area contributed by atoms with Crippen molar-refractivity contribution in [3.8, 4) is 33.3 Å². The number of hydrogen-bond donors (Lipinski definition) is 1. The molecule has 0 saturated carbocycles. The quantitative estimate of drug-likeness (QED) is 0.308. The molecule has 0 aliphatic heterocycles. The van der Waals surface area contributed by atoms with E-state index in [0.29, 0.717) is 34.1 Å². The molecule has 5 aromatic rings. The molecule has 35 heavy (non-hydrogen) atoms. The van der Waals surface area contributed by atoms with Gasteiger partial charge in [0.1, 0.15) is 39.5 Å². The van der Waals surface area contributed by atoms with Crippen molar-refractivity contribution in [3.05, 3.63) is 88.8 Å². The lowest BCUT2D eigenvalue weighted by Gasteiger charge is -2.08. The number of carboxylic acid groups (broad SMARTS) is 1. The first-order valence-electron chi connectivity index (χ1n) is 10.7. The molecule has 0 radical (unpaired) electrons. The van der Waals surface area contributed by atoms with Gasteiger partial charge in [-0.1, -0.05) is 36.4 Å². The van der Waals surface area contributed by atoms with Crippen LogP contribution in [-0.4, -0.2) is 32.8 Å². The third-order valence-electron chi connectivity index (χ3n) is 5.50. The smallest absolute Gasteiger partial charge is 0.348 e. The maximum Gasteiger partial charge on any atom is 0.348 e. The minimum Gasteiger partial charge on any atom is -0.496 e. The Labute approximate surface area is 204 Å². The number of methoxy groups -OCH3 is 1. The molecule has 5 rings (SSSR count). The van der Waals surface area contributed by atoms with E-state index in [-0.39, 0.29) is 21.9 Å². The van der Waals surface area contributed by atoms with E-state index >= 15 is 0 Å². The minimum atomic E-state index is -1.20. The third kappa shape index (κ3) is 4.22. The molecule has 0 aliphatic rings. The van der Waals surface area contributed by atoms with E-state index in [1.165, 1.54) is 19.2 Å². The average molecular weight is 490 g/mol. The number of aryl methyl sites for hydroxylation is 1. The lowest BCUT2D eigenvalue weighted by molar-refractivity contribution is 0.0702. The summed E-state index contributed by atoms with van der Waals surface area (Å²) in [6.45, 7) is 2.22. The summed E-state index contributed by atoms with van der Waals surface area (Å²) in [5, 5.41) is 14.8. The number of carboxylic acids is 1. The van der Waals surface area contributed by atoms with Gasteiger partial charge in [0, 0.05) is 12.3 Å². The lowest BCUT2D eigenvalue weighted by atomic mass is 10.1. The summed E-state index contributed by atoms with van der Waals surface area (Å²) in [5.41, 5.74) is 3.07. The highest BCUT2D eigenvalue weighted by atomic mass is 32.1. The van der Waals surface area contributed by atoms with Gasteiger partial charge in [-0.15, -0.1) is 11.3 Å². The predicted molar refractivity (Wildman–Crippen MR) is 131 cm³/mol. The number of benzene rings is 2. The Hall–Kier alpha value is -4.24. The number of carbonyl (C=O) groups is 1. The second-order valence-corrected chi connectivity index (χ2v) is 8.75. The van der Waals surface area contributed by atoms with Crippen LogP contribution in [0.5, 0.6) is 11.5 Å². The van der Waals surface area contributed by atoms with E-state index in [9.17, 15) is 14.3 Å². The lowest BCUT2D eigenvalue weighted by Crippen LogP contribution is -1.99. The van der Waals surface area contributed by atoms with Crippen molar-refractivity contribution in [1.82, 2.24) is 14.6 Å². The van der Waals surface area contributed by atoms with Crippen LogP contribution in [0, 0.1) is 12.7 Å². The van der Waals surface area contributed by atoms with Crippen molar-refractivity contribution in [2.24, 2.45) is 0 Å². The Balaban J connectivity index is 1.60. The summed E-state index contributed by atoms with van der Waals surface area (Å²) in [5.74, 6) is -0.974. The number of halogens is 1. The van der Waals surface area contributed by atoms with E-state index in [4.69, 9.17) is 9.47 Å². The number of rotatable bonds is 7. The monoisotopic (exact) mass is 489 g/mol. The zero-order valence-electron chi connectivity index (χ0n) is 18.9. The SMILES string of the molecule is COc1cccc(F)c1-c1nc(-c2c(C)nn3ccc(OCc4ccccc4)cc23)sc1C(=O)O. The molecule has 9 heteroatoms. The van der Waals surface area contributed by atoms with Crippen LogP contribution >= 0.6 is 11.3 Å². The van der Waals surface area contributed by atoms with Crippen molar-refractivity contribution in [1.29, 1.82) is 0 Å². The topological polar surface area (TPSA) is 86.0 Å². The van der Waals surface area contributed by atoms with Crippen molar-refractivity contribution >= 4 is 22.8 Å². The Morgan fingerprint density at radius 1 is 1.11 bits per heavy atom. The van der Waals surface area contributed by atoms with Crippen LogP contribution < -0.4 is 9.47 Å². The molecule has 0 bridgehead atoms. The fourth-order valence-electron chi connectivity index (χ4n) is 3.88. The van der Waals surface area contributed by atoms with Crippen LogP contribution in [0.2, 0.25) is 0 Å². The fourth-order valence-corrected chi connectivity index (χ4v) is 4.90. The van der Waals surface area contributed by atoms with E-state index in [1.807, 2.05) is 49.4 Å². The van der Waals surface area contributed by atoms with Gasteiger partial charge < -0.3 is 14.6 Å². The summed E-state index contributed by atoms with van der Waals surface area (Å²) >= 11 is 0.966. The van der Waals surface area contributed by atoms with Crippen LogP contribution in [0.4, 0.5) is 4.39 Å². The molecular weight excluding hydrogens is 469 g/mol. The molecule has 176 valence electrons. The van der Waals surface area contributed by atoms with E-state index in [1.54, 1.807) is 16.8 Å². The average Bonchev–Trinajstić information content (AvgIpc) is 3.43. The number of pyridine rings is 1. The first-order chi connectivity index (χ1) is 17.0. The Morgan fingerprint density at radius 2 is 1.91 bits per heavy atom. The van der Waals surface area contributed by atoms with Crippen LogP contribution in [0.25, 0.3) is 27.3 Å². The van der Waals surface area contributed by atoms with Gasteiger partial charge >= 0.3 is 5.97 Å². The molecule has 3 heterocycles. The Bertz CT molecular complexity index is 1550. The van der Waals surface area contributed by atoms with Gasteiger partial charge in [-0.05, 0) is 30.7 Å². The summed E-state index contributed by atoms with van der Waals surface area (Å²) in [6.07, 6.45) is 1.78. The van der Waals surface area contributed by atoms with Gasteiger partial charge in [0.2, 0.25) is 0 Å². The standard InChI is InChI=1S/C26H20FN3O4S/c1-15-21(19-13-17(11-12-30(19)29-15)34-14-16-7-4-3-5-8-16)25-28-23(24(35-25)26(31)32)22-18(27)9-6-10-20(22)33-2/h3-13H,14H2,1-2H3,(H,31,32). The van der Waals surface area contributed by atoms with Crippen LogP contribution in [0.3, 0.4) is 0 Å². The number of thiazole rings is 1. The third-order valence-corrected chi connectivity index (χ3v) is 6.56. The molecule has 0 fully saturated rings. The predicted octanol–water partition coefficient (Wildman–Crippen LogP) is 5.86. The van der Waals surface area contributed by atoms with E-state index in [2.05, 4.69) is 10.1 Å². The number of ether oxygens (including phenoxy) is 2. The van der Waals surface area contributed by atoms with Gasteiger partial charge in [0.25, 0.3) is 0 Å². The summed E-state index contributed by atoms with van der Waals surface area (Å²) in [7, 11) is 1.40. The van der Waals surface area contributed by atoms with Crippen molar-refractivity contribution in [3.63, 3.8) is 0 Å². The molecule has 1 N–H and O–H groups in total. The normalized spacial score (nSPS) is 11.1. The summed E-state index contributed by atoms with van der Waals surface area (Å²) in [6, 6.07) is 17.8. The van der Waals surface area contributed by atoms with E-state index < -0.39 is 11.8 Å². The summed E-state index contributed by atoms with van der Waals surface area (Å²) < 4.78 is 27.7. The first-order valence-corrected chi connectivity index (χ1v) is 11.5. The second kappa shape index (κ2) is 9.19. The highest BCUT2D eigenvalue weighted by Gasteiger charge is 2.26. The van der Waals surface area contributed by atoms with Crippen molar-refractivity contribution in [2.45, 2.75) is 13.5 Å². The highest BCUT2D eigenvalue weighted by molar-refractivity contribution is 7.17. The first kappa shape index (κ1) is 22.5. The minimum absolute atomic E-state index is 0.0101. The van der Waals surface area contributed by atoms with Crippen molar-refractivity contribution < 1.29 is 23.8 Å². The molecule has 0 spiro atoms.